The van der Waals surface area contributed by atoms with Crippen LogP contribution in [-0.2, 0) is 24.2 Å². The highest BCUT2D eigenvalue weighted by Gasteiger charge is 2.09. The number of nitrogens with one attached hydrogen (secondary N) is 1. The molecule has 1 aromatic carbocycles. The Hall–Kier alpha value is -2.27. The fourth-order valence-electron chi connectivity index (χ4n) is 1.86. The topological polar surface area (TPSA) is 75.1 Å². The van der Waals surface area contributed by atoms with Gasteiger partial charge in [-0.15, -0.1) is 0 Å². The van der Waals surface area contributed by atoms with Crippen LogP contribution in [0.5, 0.6) is 0 Å². The number of carbonyl (C=O) groups is 1. The van der Waals surface area contributed by atoms with Crippen molar-refractivity contribution in [2.24, 2.45) is 0 Å². The lowest BCUT2D eigenvalue weighted by Gasteiger charge is -2.08. The molecule has 0 aliphatic carbocycles. The van der Waals surface area contributed by atoms with Crippen molar-refractivity contribution in [1.82, 2.24) is 15.3 Å². The minimum Gasteiger partial charge on any atom is -0.480 e. The molecule has 0 aliphatic rings. The van der Waals surface area contributed by atoms with Crippen molar-refractivity contribution in [3.05, 3.63) is 59.7 Å². The Morgan fingerprint density at radius 2 is 1.81 bits per heavy atom. The zero-order valence-corrected chi connectivity index (χ0v) is 12.0. The number of nitrogens with zero attached hydrogens (tertiary/aromatic N) is 2. The van der Waals surface area contributed by atoms with Crippen LogP contribution in [0.4, 0.5) is 0 Å². The van der Waals surface area contributed by atoms with Crippen LogP contribution in [0.1, 0.15) is 23.9 Å². The van der Waals surface area contributed by atoms with E-state index in [1.54, 1.807) is 19.3 Å². The van der Waals surface area contributed by atoms with Crippen LogP contribution in [0.3, 0.4) is 0 Å². The van der Waals surface area contributed by atoms with Crippen LogP contribution in [0, 0.1) is 0 Å². The zero-order valence-electron chi connectivity index (χ0n) is 12.0. The van der Waals surface area contributed by atoms with Crippen LogP contribution in [0.15, 0.2) is 42.7 Å². The molecule has 0 unspecified atom stereocenters. The van der Waals surface area contributed by atoms with E-state index in [9.17, 15) is 4.79 Å². The molecule has 0 bridgehead atoms. The van der Waals surface area contributed by atoms with Gasteiger partial charge in [-0.3, -0.25) is 4.79 Å². The van der Waals surface area contributed by atoms with Gasteiger partial charge in [0.2, 0.25) is 0 Å². The van der Waals surface area contributed by atoms with Gasteiger partial charge in [0, 0.05) is 30.9 Å². The first-order valence-electron chi connectivity index (χ1n) is 6.95. The number of hydrogen-bond acceptors (Lipinski definition) is 4. The highest BCUT2D eigenvalue weighted by molar-refractivity contribution is 5.72. The predicted molar refractivity (Wildman–Crippen MR) is 79.8 cm³/mol. The minimum atomic E-state index is -0.865. The molecular weight excluding hydrogens is 266 g/mol. The van der Waals surface area contributed by atoms with Gasteiger partial charge in [0.25, 0.3) is 0 Å². The second-order valence-electron chi connectivity index (χ2n) is 4.93. The molecule has 2 N–H and O–H groups in total. The summed E-state index contributed by atoms with van der Waals surface area (Å²) in [6.07, 6.45) is 5.20. The van der Waals surface area contributed by atoms with E-state index in [2.05, 4.69) is 27.4 Å². The normalized spacial score (nSPS) is 12.0. The smallest absolute Gasteiger partial charge is 0.320 e. The average molecular weight is 285 g/mol. The van der Waals surface area contributed by atoms with Crippen LogP contribution >= 0.6 is 0 Å². The van der Waals surface area contributed by atoms with Crippen molar-refractivity contribution in [2.45, 2.75) is 32.4 Å². The fraction of sp³-hybridized carbons (Fsp3) is 0.312. The number of aliphatic carboxylic acids is 1. The SMILES string of the molecule is C[C@H](NCc1cnc(CCc2ccccc2)nc1)C(=O)O. The number of carboxylic acid groups (broad SMARTS) is 1. The van der Waals surface area contributed by atoms with Crippen LogP contribution in [0.2, 0.25) is 0 Å². The minimum absolute atomic E-state index is 0.451. The molecule has 110 valence electrons. The molecule has 1 heterocycles. The van der Waals surface area contributed by atoms with Crippen molar-refractivity contribution in [3.8, 4) is 0 Å². The van der Waals surface area contributed by atoms with E-state index in [-0.39, 0.29) is 0 Å². The predicted octanol–water partition coefficient (Wildman–Crippen LogP) is 1.82. The maximum absolute atomic E-state index is 10.7. The Kier molecular flexibility index (Phi) is 5.40. The number of benzene rings is 1. The van der Waals surface area contributed by atoms with Crippen LogP contribution in [-0.4, -0.2) is 27.1 Å². The van der Waals surface area contributed by atoms with Crippen molar-refractivity contribution in [2.75, 3.05) is 0 Å². The van der Waals surface area contributed by atoms with Crippen molar-refractivity contribution in [3.63, 3.8) is 0 Å². The molecule has 21 heavy (non-hydrogen) atoms. The average Bonchev–Trinajstić information content (AvgIpc) is 2.52. The van der Waals surface area contributed by atoms with E-state index in [1.807, 2.05) is 18.2 Å². The molecule has 5 nitrogen and oxygen atoms in total. The number of rotatable bonds is 7. The summed E-state index contributed by atoms with van der Waals surface area (Å²) in [4.78, 5) is 19.3. The highest BCUT2D eigenvalue weighted by Crippen LogP contribution is 2.04. The fourth-order valence-corrected chi connectivity index (χ4v) is 1.86. The standard InChI is InChI=1S/C16H19N3O2/c1-12(16(20)21)17-9-14-10-18-15(19-11-14)8-7-13-5-3-2-4-6-13/h2-6,10-12,17H,7-9H2,1H3,(H,20,21)/t12-/m0/s1. The van der Waals surface area contributed by atoms with Crippen molar-refractivity contribution in [1.29, 1.82) is 0 Å². The number of aromatic nitrogens is 2. The third-order valence-corrected chi connectivity index (χ3v) is 3.22. The molecule has 0 aliphatic heterocycles. The molecular formula is C16H19N3O2. The molecule has 0 amide bonds. The Balaban J connectivity index is 1.83. The van der Waals surface area contributed by atoms with Crippen molar-refractivity contribution >= 4 is 5.97 Å². The molecule has 5 heteroatoms. The molecule has 2 rings (SSSR count). The van der Waals surface area contributed by atoms with Gasteiger partial charge in [-0.2, -0.15) is 0 Å². The summed E-state index contributed by atoms with van der Waals surface area (Å²) in [5, 5.41) is 11.7. The third-order valence-electron chi connectivity index (χ3n) is 3.22. The third kappa shape index (κ3) is 4.96. The van der Waals surface area contributed by atoms with Gasteiger partial charge in [-0.05, 0) is 18.9 Å². The maximum Gasteiger partial charge on any atom is 0.320 e. The monoisotopic (exact) mass is 285 g/mol. The quantitative estimate of drug-likeness (QED) is 0.811. The van der Waals surface area contributed by atoms with Gasteiger partial charge >= 0.3 is 5.97 Å². The number of carboxylic acids is 1. The van der Waals surface area contributed by atoms with E-state index < -0.39 is 12.0 Å². The van der Waals surface area contributed by atoms with Gasteiger partial charge in [-0.1, -0.05) is 30.3 Å². The van der Waals surface area contributed by atoms with E-state index in [0.29, 0.717) is 6.54 Å². The van der Waals surface area contributed by atoms with E-state index >= 15 is 0 Å². The Labute approximate surface area is 124 Å². The first kappa shape index (κ1) is 15.1. The molecule has 0 spiro atoms. The van der Waals surface area contributed by atoms with Gasteiger partial charge in [0.15, 0.2) is 0 Å². The van der Waals surface area contributed by atoms with Crippen LogP contribution in [0.25, 0.3) is 0 Å². The maximum atomic E-state index is 10.7. The van der Waals surface area contributed by atoms with E-state index in [4.69, 9.17) is 5.11 Å². The molecule has 0 saturated heterocycles. The molecule has 0 radical (unpaired) electrons. The summed E-state index contributed by atoms with van der Waals surface area (Å²) in [6.45, 7) is 2.06. The molecule has 1 atom stereocenters. The van der Waals surface area contributed by atoms with E-state index in [1.165, 1.54) is 5.56 Å². The molecule has 1 aromatic heterocycles. The van der Waals surface area contributed by atoms with Gasteiger partial charge in [0.05, 0.1) is 0 Å². The Morgan fingerprint density at radius 3 is 2.43 bits per heavy atom. The first-order valence-corrected chi connectivity index (χ1v) is 6.95. The highest BCUT2D eigenvalue weighted by atomic mass is 16.4. The second kappa shape index (κ2) is 7.50. The van der Waals surface area contributed by atoms with Crippen molar-refractivity contribution < 1.29 is 9.90 Å². The summed E-state index contributed by atoms with van der Waals surface area (Å²) >= 11 is 0. The summed E-state index contributed by atoms with van der Waals surface area (Å²) in [6, 6.07) is 9.64. The van der Waals surface area contributed by atoms with Gasteiger partial charge in [0.1, 0.15) is 11.9 Å². The summed E-state index contributed by atoms with van der Waals surface area (Å²) in [5.41, 5.74) is 2.15. The summed E-state index contributed by atoms with van der Waals surface area (Å²) in [5.74, 6) is -0.0655. The Bertz CT molecular complexity index is 570. The molecule has 2 aromatic rings. The Morgan fingerprint density at radius 1 is 1.14 bits per heavy atom. The first-order chi connectivity index (χ1) is 10.1. The van der Waals surface area contributed by atoms with E-state index in [0.717, 1.165) is 24.2 Å². The lowest BCUT2D eigenvalue weighted by atomic mass is 10.1. The van der Waals surface area contributed by atoms with Gasteiger partial charge < -0.3 is 10.4 Å². The van der Waals surface area contributed by atoms with Crippen LogP contribution < -0.4 is 5.32 Å². The number of aryl methyl sites for hydroxylation is 2. The molecule has 0 saturated carbocycles. The lowest BCUT2D eigenvalue weighted by molar-refractivity contribution is -0.139. The largest absolute Gasteiger partial charge is 0.480 e. The zero-order chi connectivity index (χ0) is 15.1. The van der Waals surface area contributed by atoms with Gasteiger partial charge in [-0.25, -0.2) is 9.97 Å². The second-order valence-corrected chi connectivity index (χ2v) is 4.93. The molecule has 0 fully saturated rings. The lowest BCUT2D eigenvalue weighted by Crippen LogP contribution is -2.33. The summed E-state index contributed by atoms with van der Waals surface area (Å²) < 4.78 is 0. The number of hydrogen-bond donors (Lipinski definition) is 2. The summed E-state index contributed by atoms with van der Waals surface area (Å²) in [7, 11) is 0.